The summed E-state index contributed by atoms with van der Waals surface area (Å²) in [5.41, 5.74) is 7.06. The SMILES string of the molecule is Cc1cccc(S(=O)CC2(CCN)CC2)c1. The highest BCUT2D eigenvalue weighted by Crippen LogP contribution is 2.49. The Labute approximate surface area is 99.7 Å². The van der Waals surface area contributed by atoms with Gasteiger partial charge in [0.2, 0.25) is 0 Å². The van der Waals surface area contributed by atoms with Gasteiger partial charge in [0.25, 0.3) is 0 Å². The Balaban J connectivity index is 2.03. The van der Waals surface area contributed by atoms with Crippen molar-refractivity contribution >= 4 is 10.8 Å². The molecule has 0 saturated heterocycles. The predicted molar refractivity (Wildman–Crippen MR) is 67.8 cm³/mol. The molecule has 0 aromatic heterocycles. The zero-order chi connectivity index (χ0) is 11.6. The second kappa shape index (κ2) is 4.68. The number of rotatable bonds is 5. The smallest absolute Gasteiger partial charge is 0.0535 e. The molecule has 1 aromatic rings. The first-order valence-electron chi connectivity index (χ1n) is 5.80. The van der Waals surface area contributed by atoms with Crippen molar-refractivity contribution < 1.29 is 4.21 Å². The molecule has 1 saturated carbocycles. The van der Waals surface area contributed by atoms with Crippen LogP contribution in [0.15, 0.2) is 29.2 Å². The highest BCUT2D eigenvalue weighted by Gasteiger charge is 2.43. The summed E-state index contributed by atoms with van der Waals surface area (Å²) in [5, 5.41) is 0. The minimum absolute atomic E-state index is 0.295. The maximum Gasteiger partial charge on any atom is 0.0535 e. The van der Waals surface area contributed by atoms with Crippen LogP contribution in [0.25, 0.3) is 0 Å². The van der Waals surface area contributed by atoms with Crippen molar-refractivity contribution in [1.82, 2.24) is 0 Å². The molecule has 0 bridgehead atoms. The number of benzene rings is 1. The lowest BCUT2D eigenvalue weighted by Crippen LogP contribution is -2.17. The van der Waals surface area contributed by atoms with Gasteiger partial charge in [-0.3, -0.25) is 4.21 Å². The Morgan fingerprint density at radius 1 is 1.44 bits per heavy atom. The van der Waals surface area contributed by atoms with Crippen molar-refractivity contribution in [2.75, 3.05) is 12.3 Å². The summed E-state index contributed by atoms with van der Waals surface area (Å²) in [6.07, 6.45) is 3.41. The first-order valence-corrected chi connectivity index (χ1v) is 7.12. The van der Waals surface area contributed by atoms with Crippen molar-refractivity contribution in [3.05, 3.63) is 29.8 Å². The molecule has 2 rings (SSSR count). The van der Waals surface area contributed by atoms with Gasteiger partial charge >= 0.3 is 0 Å². The summed E-state index contributed by atoms with van der Waals surface area (Å²) in [4.78, 5) is 0.961. The molecule has 0 heterocycles. The van der Waals surface area contributed by atoms with E-state index in [1.807, 2.05) is 31.2 Å². The lowest BCUT2D eigenvalue weighted by atomic mass is 10.1. The fourth-order valence-corrected chi connectivity index (χ4v) is 3.77. The Hall–Kier alpha value is -0.670. The Bertz CT molecular complexity index is 399. The largest absolute Gasteiger partial charge is 0.330 e. The van der Waals surface area contributed by atoms with Crippen LogP contribution in [0.1, 0.15) is 24.8 Å². The van der Waals surface area contributed by atoms with Gasteiger partial charge in [0, 0.05) is 10.6 Å². The van der Waals surface area contributed by atoms with Crippen LogP contribution in [0.3, 0.4) is 0 Å². The maximum absolute atomic E-state index is 12.2. The molecule has 0 spiro atoms. The van der Waals surface area contributed by atoms with Crippen LogP contribution in [-0.4, -0.2) is 16.5 Å². The van der Waals surface area contributed by atoms with E-state index in [-0.39, 0.29) is 0 Å². The van der Waals surface area contributed by atoms with Gasteiger partial charge < -0.3 is 5.73 Å². The van der Waals surface area contributed by atoms with Crippen LogP contribution in [0.4, 0.5) is 0 Å². The molecule has 1 aliphatic carbocycles. The number of nitrogens with two attached hydrogens (primary N) is 1. The molecule has 0 radical (unpaired) electrons. The molecule has 88 valence electrons. The van der Waals surface area contributed by atoms with E-state index in [9.17, 15) is 4.21 Å². The molecule has 1 aliphatic rings. The van der Waals surface area contributed by atoms with Gasteiger partial charge in [-0.05, 0) is 55.8 Å². The minimum Gasteiger partial charge on any atom is -0.330 e. The van der Waals surface area contributed by atoms with Gasteiger partial charge in [-0.25, -0.2) is 0 Å². The molecule has 0 aliphatic heterocycles. The Kier molecular flexibility index (Phi) is 3.45. The van der Waals surface area contributed by atoms with Crippen LogP contribution in [-0.2, 0) is 10.8 Å². The van der Waals surface area contributed by atoms with Crippen LogP contribution in [0.5, 0.6) is 0 Å². The Morgan fingerprint density at radius 2 is 2.19 bits per heavy atom. The molecule has 1 atom stereocenters. The summed E-state index contributed by atoms with van der Waals surface area (Å²) >= 11 is 0. The average molecular weight is 237 g/mol. The third kappa shape index (κ3) is 2.71. The predicted octanol–water partition coefficient (Wildman–Crippen LogP) is 2.23. The molecule has 16 heavy (non-hydrogen) atoms. The summed E-state index contributed by atoms with van der Waals surface area (Å²) in [5.74, 6) is 0.785. The van der Waals surface area contributed by atoms with Crippen molar-refractivity contribution in [3.63, 3.8) is 0 Å². The van der Waals surface area contributed by atoms with Gasteiger partial charge in [0.05, 0.1) is 10.8 Å². The van der Waals surface area contributed by atoms with Gasteiger partial charge in [0.15, 0.2) is 0 Å². The number of aryl methyl sites for hydroxylation is 1. The lowest BCUT2D eigenvalue weighted by molar-refractivity contribution is 0.529. The molecule has 2 nitrogen and oxygen atoms in total. The van der Waals surface area contributed by atoms with E-state index in [1.54, 1.807) is 0 Å². The van der Waals surface area contributed by atoms with Gasteiger partial charge in [-0.2, -0.15) is 0 Å². The highest BCUT2D eigenvalue weighted by atomic mass is 32.2. The van der Waals surface area contributed by atoms with Crippen LogP contribution in [0, 0.1) is 12.3 Å². The molecule has 2 N–H and O–H groups in total. The zero-order valence-electron chi connectivity index (χ0n) is 9.74. The Morgan fingerprint density at radius 3 is 2.75 bits per heavy atom. The summed E-state index contributed by atoms with van der Waals surface area (Å²) in [6.45, 7) is 2.75. The summed E-state index contributed by atoms with van der Waals surface area (Å²) in [6, 6.07) is 7.99. The van der Waals surface area contributed by atoms with E-state index < -0.39 is 10.8 Å². The second-order valence-corrected chi connectivity index (χ2v) is 6.30. The lowest BCUT2D eigenvalue weighted by Gasteiger charge is -2.13. The molecule has 3 heteroatoms. The standard InChI is InChI=1S/C13H19NOS/c1-11-3-2-4-12(9-11)16(15)10-13(5-6-13)7-8-14/h2-4,9H,5-8,10,14H2,1H3. The molecular weight excluding hydrogens is 218 g/mol. The van der Waals surface area contributed by atoms with Crippen molar-refractivity contribution in [1.29, 1.82) is 0 Å². The zero-order valence-corrected chi connectivity index (χ0v) is 10.6. The fraction of sp³-hybridized carbons (Fsp3) is 0.538. The molecule has 1 aromatic carbocycles. The van der Waals surface area contributed by atoms with E-state index in [2.05, 4.69) is 0 Å². The quantitative estimate of drug-likeness (QED) is 0.853. The van der Waals surface area contributed by atoms with Crippen molar-refractivity contribution in [2.45, 2.75) is 31.1 Å². The van der Waals surface area contributed by atoms with E-state index >= 15 is 0 Å². The highest BCUT2D eigenvalue weighted by molar-refractivity contribution is 7.85. The van der Waals surface area contributed by atoms with Gasteiger partial charge in [0.1, 0.15) is 0 Å². The monoisotopic (exact) mass is 237 g/mol. The van der Waals surface area contributed by atoms with E-state index in [4.69, 9.17) is 5.73 Å². The third-order valence-corrected chi connectivity index (χ3v) is 4.98. The van der Waals surface area contributed by atoms with E-state index in [0.717, 1.165) is 17.1 Å². The van der Waals surface area contributed by atoms with Gasteiger partial charge in [-0.15, -0.1) is 0 Å². The van der Waals surface area contributed by atoms with Crippen LogP contribution >= 0.6 is 0 Å². The van der Waals surface area contributed by atoms with Gasteiger partial charge in [-0.1, -0.05) is 12.1 Å². The van der Waals surface area contributed by atoms with Crippen molar-refractivity contribution in [2.24, 2.45) is 11.1 Å². The molecule has 1 fully saturated rings. The second-order valence-electron chi connectivity index (χ2n) is 4.85. The topological polar surface area (TPSA) is 43.1 Å². The maximum atomic E-state index is 12.2. The first-order chi connectivity index (χ1) is 7.65. The van der Waals surface area contributed by atoms with E-state index in [0.29, 0.717) is 12.0 Å². The van der Waals surface area contributed by atoms with E-state index in [1.165, 1.54) is 18.4 Å². The third-order valence-electron chi connectivity index (χ3n) is 3.32. The first kappa shape index (κ1) is 11.8. The normalized spacial score (nSPS) is 19.4. The van der Waals surface area contributed by atoms with Crippen LogP contribution < -0.4 is 5.73 Å². The van der Waals surface area contributed by atoms with Crippen LogP contribution in [0.2, 0.25) is 0 Å². The number of hydrogen-bond donors (Lipinski definition) is 1. The average Bonchev–Trinajstić information content (AvgIpc) is 2.98. The molecular formula is C13H19NOS. The summed E-state index contributed by atoms with van der Waals surface area (Å²) in [7, 11) is -0.858. The van der Waals surface area contributed by atoms with Crippen molar-refractivity contribution in [3.8, 4) is 0 Å². The minimum atomic E-state index is -0.858. The number of hydrogen-bond acceptors (Lipinski definition) is 2. The molecule has 0 amide bonds. The fourth-order valence-electron chi connectivity index (χ4n) is 2.07. The summed E-state index contributed by atoms with van der Waals surface area (Å²) < 4.78 is 12.2. The molecule has 1 unspecified atom stereocenters.